The molecule has 0 radical (unpaired) electrons. The van der Waals surface area contributed by atoms with E-state index in [0.717, 1.165) is 5.75 Å². The summed E-state index contributed by atoms with van der Waals surface area (Å²) in [5, 5.41) is 8.58. The molecule has 0 aliphatic heterocycles. The lowest BCUT2D eigenvalue weighted by Crippen LogP contribution is -2.07. The highest BCUT2D eigenvalue weighted by molar-refractivity contribution is 7.99. The lowest BCUT2D eigenvalue weighted by molar-refractivity contribution is -0.136. The highest BCUT2D eigenvalue weighted by atomic mass is 32.2. The average Bonchev–Trinajstić information content (AvgIpc) is 1.86. The number of methoxy groups -OCH3 is 1. The molecule has 0 aliphatic carbocycles. The lowest BCUT2D eigenvalue weighted by atomic mass is 10.3. The van der Waals surface area contributed by atoms with Gasteiger partial charge in [0, 0.05) is 18.1 Å². The first-order chi connectivity index (χ1) is 5.16. The van der Waals surface area contributed by atoms with Gasteiger partial charge in [-0.25, -0.2) is 0 Å². The van der Waals surface area contributed by atoms with Gasteiger partial charge in [-0.05, 0) is 0 Å². The van der Waals surface area contributed by atoms with Crippen molar-refractivity contribution in [2.24, 2.45) is 0 Å². The minimum absolute atomic E-state index is 0.183. The van der Waals surface area contributed by atoms with E-state index in [1.807, 2.05) is 6.92 Å². The molecule has 0 saturated heterocycles. The van der Waals surface area contributed by atoms with Crippen molar-refractivity contribution < 1.29 is 14.6 Å². The van der Waals surface area contributed by atoms with Gasteiger partial charge in [-0.1, -0.05) is 6.92 Å². The van der Waals surface area contributed by atoms with Crippen LogP contribution in [0.25, 0.3) is 0 Å². The summed E-state index contributed by atoms with van der Waals surface area (Å²) in [6.07, 6.45) is 0.231. The third-order valence-corrected chi connectivity index (χ3v) is 2.29. The minimum atomic E-state index is -0.734. The Morgan fingerprint density at radius 2 is 2.36 bits per heavy atom. The molecule has 1 N–H and O–H groups in total. The van der Waals surface area contributed by atoms with Gasteiger partial charge in [0.25, 0.3) is 0 Å². The van der Waals surface area contributed by atoms with Crippen LogP contribution in [0.1, 0.15) is 13.3 Å². The number of carboxylic acid groups (broad SMARTS) is 1. The van der Waals surface area contributed by atoms with Crippen molar-refractivity contribution in [1.82, 2.24) is 0 Å². The van der Waals surface area contributed by atoms with Gasteiger partial charge < -0.3 is 9.84 Å². The van der Waals surface area contributed by atoms with Gasteiger partial charge in [-0.2, -0.15) is 11.8 Å². The molecule has 3 nitrogen and oxygen atoms in total. The molecular formula is C7H14O3S. The van der Waals surface area contributed by atoms with Crippen LogP contribution in [0.4, 0.5) is 0 Å². The molecule has 4 heteroatoms. The third kappa shape index (κ3) is 7.68. The van der Waals surface area contributed by atoms with Crippen LogP contribution in [-0.4, -0.2) is 35.8 Å². The van der Waals surface area contributed by atoms with Crippen LogP contribution in [0.3, 0.4) is 0 Å². The summed E-state index contributed by atoms with van der Waals surface area (Å²) in [5.74, 6) is 0.132. The van der Waals surface area contributed by atoms with E-state index < -0.39 is 5.97 Å². The third-order valence-electron chi connectivity index (χ3n) is 1.15. The van der Waals surface area contributed by atoms with Crippen LogP contribution in [0.2, 0.25) is 0 Å². The number of rotatable bonds is 6. The summed E-state index contributed by atoms with van der Waals surface area (Å²) in [6, 6.07) is 0. The molecule has 1 atom stereocenters. The predicted octanol–water partition coefficient (Wildman–Crippen LogP) is 1.23. The SMILES string of the molecule is COCCSC(C)CC(=O)O. The quantitative estimate of drug-likeness (QED) is 0.621. The Hall–Kier alpha value is -0.220. The maximum atomic E-state index is 10.2. The van der Waals surface area contributed by atoms with Gasteiger partial charge in [0.1, 0.15) is 0 Å². The molecule has 0 spiro atoms. The zero-order valence-electron chi connectivity index (χ0n) is 6.87. The van der Waals surface area contributed by atoms with Crippen LogP contribution in [0.5, 0.6) is 0 Å². The van der Waals surface area contributed by atoms with Crippen LogP contribution in [0, 0.1) is 0 Å². The average molecular weight is 178 g/mol. The van der Waals surface area contributed by atoms with E-state index in [4.69, 9.17) is 9.84 Å². The fourth-order valence-electron chi connectivity index (χ4n) is 0.637. The van der Waals surface area contributed by atoms with E-state index in [0.29, 0.717) is 6.61 Å². The van der Waals surface area contributed by atoms with Crippen molar-refractivity contribution in [2.45, 2.75) is 18.6 Å². The van der Waals surface area contributed by atoms with Gasteiger partial charge >= 0.3 is 5.97 Å². The number of carboxylic acids is 1. The molecular weight excluding hydrogens is 164 g/mol. The van der Waals surface area contributed by atoms with Crippen molar-refractivity contribution in [2.75, 3.05) is 19.5 Å². The standard InChI is InChI=1S/C7H14O3S/c1-6(5-7(8)9)11-4-3-10-2/h6H,3-5H2,1-2H3,(H,8,9). The van der Waals surface area contributed by atoms with Crippen molar-refractivity contribution in [3.05, 3.63) is 0 Å². The number of aliphatic carboxylic acids is 1. The first-order valence-electron chi connectivity index (χ1n) is 3.49. The fraction of sp³-hybridized carbons (Fsp3) is 0.857. The van der Waals surface area contributed by atoms with E-state index in [9.17, 15) is 4.79 Å². The number of hydrogen-bond acceptors (Lipinski definition) is 3. The molecule has 0 aromatic rings. The normalized spacial score (nSPS) is 12.9. The molecule has 0 saturated carbocycles. The number of ether oxygens (including phenoxy) is 1. The van der Waals surface area contributed by atoms with Crippen LogP contribution in [-0.2, 0) is 9.53 Å². The molecule has 0 aliphatic rings. The molecule has 0 fully saturated rings. The number of thioether (sulfide) groups is 1. The Morgan fingerprint density at radius 3 is 2.82 bits per heavy atom. The highest BCUT2D eigenvalue weighted by Crippen LogP contribution is 2.12. The van der Waals surface area contributed by atoms with E-state index in [-0.39, 0.29) is 11.7 Å². The molecule has 0 amide bonds. The Kier molecular flexibility index (Phi) is 6.36. The summed E-state index contributed by atoms with van der Waals surface area (Å²) >= 11 is 1.62. The van der Waals surface area contributed by atoms with E-state index in [1.54, 1.807) is 18.9 Å². The largest absolute Gasteiger partial charge is 0.481 e. The molecule has 0 heterocycles. The smallest absolute Gasteiger partial charge is 0.304 e. The van der Waals surface area contributed by atoms with E-state index >= 15 is 0 Å². The second kappa shape index (κ2) is 6.49. The minimum Gasteiger partial charge on any atom is -0.481 e. The lowest BCUT2D eigenvalue weighted by Gasteiger charge is -2.06. The number of hydrogen-bond donors (Lipinski definition) is 1. The Labute approximate surface area is 71.1 Å². The second-order valence-corrected chi connectivity index (χ2v) is 3.82. The molecule has 0 aromatic heterocycles. The molecule has 1 unspecified atom stereocenters. The van der Waals surface area contributed by atoms with E-state index in [2.05, 4.69) is 0 Å². The van der Waals surface area contributed by atoms with Gasteiger partial charge in [-0.15, -0.1) is 0 Å². The first kappa shape index (κ1) is 10.8. The summed E-state index contributed by atoms with van der Waals surface area (Å²) < 4.78 is 4.83. The van der Waals surface area contributed by atoms with Gasteiger partial charge in [0.05, 0.1) is 13.0 Å². The Morgan fingerprint density at radius 1 is 1.73 bits per heavy atom. The van der Waals surface area contributed by atoms with Gasteiger partial charge in [0.15, 0.2) is 0 Å². The first-order valence-corrected chi connectivity index (χ1v) is 4.54. The summed E-state index contributed by atoms with van der Waals surface area (Å²) in [5.41, 5.74) is 0. The predicted molar refractivity (Wildman–Crippen MR) is 46.0 cm³/mol. The molecule has 66 valence electrons. The second-order valence-electron chi connectivity index (χ2n) is 2.27. The van der Waals surface area contributed by atoms with Crippen molar-refractivity contribution in [3.63, 3.8) is 0 Å². The van der Waals surface area contributed by atoms with Crippen LogP contribution >= 0.6 is 11.8 Å². The molecule has 0 bridgehead atoms. The topological polar surface area (TPSA) is 46.5 Å². The highest BCUT2D eigenvalue weighted by Gasteiger charge is 2.06. The molecule has 0 aromatic carbocycles. The summed E-state index contributed by atoms with van der Waals surface area (Å²) in [7, 11) is 1.64. The fourth-order valence-corrected chi connectivity index (χ4v) is 1.56. The number of carbonyl (C=O) groups is 1. The van der Waals surface area contributed by atoms with Gasteiger partial charge in [0.2, 0.25) is 0 Å². The van der Waals surface area contributed by atoms with E-state index in [1.165, 1.54) is 0 Å². The zero-order valence-corrected chi connectivity index (χ0v) is 7.69. The summed E-state index contributed by atoms with van der Waals surface area (Å²) in [4.78, 5) is 10.2. The molecule has 11 heavy (non-hydrogen) atoms. The van der Waals surface area contributed by atoms with Gasteiger partial charge in [-0.3, -0.25) is 4.79 Å². The van der Waals surface area contributed by atoms with Crippen LogP contribution < -0.4 is 0 Å². The Bertz CT molecular complexity index is 116. The monoisotopic (exact) mass is 178 g/mol. The van der Waals surface area contributed by atoms with Crippen molar-refractivity contribution in [3.8, 4) is 0 Å². The zero-order chi connectivity index (χ0) is 8.69. The van der Waals surface area contributed by atoms with Crippen molar-refractivity contribution in [1.29, 1.82) is 0 Å². The maximum absolute atomic E-state index is 10.2. The maximum Gasteiger partial charge on any atom is 0.304 e. The van der Waals surface area contributed by atoms with Crippen LogP contribution in [0.15, 0.2) is 0 Å². The Balaban J connectivity index is 3.22. The summed E-state index contributed by atoms with van der Waals surface area (Å²) in [6.45, 7) is 2.60. The molecule has 0 rings (SSSR count). The van der Waals surface area contributed by atoms with Crippen molar-refractivity contribution >= 4 is 17.7 Å².